The van der Waals surface area contributed by atoms with E-state index >= 15 is 0 Å². The number of Topliss-reactive ketones (excluding diaryl/α,β-unsaturated/α-hetero) is 1. The monoisotopic (exact) mass is 633 g/mol. The van der Waals surface area contributed by atoms with Crippen LogP contribution in [0.5, 0.6) is 0 Å². The van der Waals surface area contributed by atoms with E-state index in [4.69, 9.17) is 5.11 Å². The average molecular weight is 634 g/mol. The number of carbonyl (C=O) groups excluding carboxylic acids is 5. The SMILES string of the molecule is COC(=O)[C@H](CCC(=O)CO)NC(=O)c1ccc(N(Cc2ccc3nc(NC(=O)C(C)C)[nH]c(=O)c3c2)C(=O)C(F)(F)F)cc1. The number of aromatic amines is 1. The lowest BCUT2D eigenvalue weighted by Crippen LogP contribution is -2.42. The number of esters is 1. The van der Waals surface area contributed by atoms with E-state index in [0.29, 0.717) is 4.90 Å². The van der Waals surface area contributed by atoms with E-state index in [9.17, 15) is 41.9 Å². The Bertz CT molecular complexity index is 1650. The standard InChI is InChI=1S/C29H30F3N5O8/c1-15(2)23(40)35-28-34-21-10-4-16(12-20(21)25(42)36-28)13-37(27(44)29(30,31)32)18-7-5-17(6-8-18)24(41)33-22(26(43)45-3)11-9-19(39)14-38/h4-8,10,12,15,22,38H,9,11,13-14H2,1-3H3,(H,33,41)(H2,34,35,36,40,42)/t22-/m0/s1. The number of H-pyrrole nitrogens is 1. The summed E-state index contributed by atoms with van der Waals surface area (Å²) in [5.41, 5.74) is -0.686. The summed E-state index contributed by atoms with van der Waals surface area (Å²) in [5.74, 6) is -5.33. The van der Waals surface area contributed by atoms with Gasteiger partial charge in [-0.3, -0.25) is 34.3 Å². The molecule has 13 nitrogen and oxygen atoms in total. The van der Waals surface area contributed by atoms with Crippen molar-refractivity contribution in [3.63, 3.8) is 0 Å². The number of aliphatic hydroxyl groups excluding tert-OH is 1. The van der Waals surface area contributed by atoms with Gasteiger partial charge < -0.3 is 20.1 Å². The molecule has 2 aromatic carbocycles. The zero-order chi connectivity index (χ0) is 33.5. The van der Waals surface area contributed by atoms with Crippen LogP contribution in [0.15, 0.2) is 47.3 Å². The molecule has 3 amide bonds. The van der Waals surface area contributed by atoms with E-state index in [0.717, 1.165) is 31.4 Å². The number of aromatic nitrogens is 2. The van der Waals surface area contributed by atoms with Crippen LogP contribution in [-0.2, 0) is 30.5 Å². The van der Waals surface area contributed by atoms with Crippen molar-refractivity contribution in [2.24, 2.45) is 5.92 Å². The normalized spacial score (nSPS) is 12.0. The lowest BCUT2D eigenvalue weighted by Gasteiger charge is -2.24. The minimum absolute atomic E-state index is 0.00215. The van der Waals surface area contributed by atoms with Crippen LogP contribution in [0.1, 0.15) is 42.6 Å². The molecular weight excluding hydrogens is 603 g/mol. The highest BCUT2D eigenvalue weighted by atomic mass is 19.4. The number of rotatable bonds is 12. The van der Waals surface area contributed by atoms with Gasteiger partial charge in [-0.1, -0.05) is 19.9 Å². The number of nitrogens with one attached hydrogen (secondary N) is 3. The van der Waals surface area contributed by atoms with Crippen LogP contribution in [0.3, 0.4) is 0 Å². The number of methoxy groups -OCH3 is 1. The maximum Gasteiger partial charge on any atom is 0.471 e. The Balaban J connectivity index is 1.87. The molecule has 0 fully saturated rings. The molecule has 0 aliphatic carbocycles. The number of hydrogen-bond acceptors (Lipinski definition) is 9. The molecule has 3 rings (SSSR count). The van der Waals surface area contributed by atoms with Gasteiger partial charge in [0, 0.05) is 23.6 Å². The first-order valence-electron chi connectivity index (χ1n) is 13.5. The highest BCUT2D eigenvalue weighted by molar-refractivity contribution is 6.00. The smallest absolute Gasteiger partial charge is 0.467 e. The van der Waals surface area contributed by atoms with Gasteiger partial charge in [-0.25, -0.2) is 9.78 Å². The van der Waals surface area contributed by atoms with Crippen LogP contribution in [-0.4, -0.2) is 70.5 Å². The number of hydrogen-bond donors (Lipinski definition) is 4. The second-order valence-electron chi connectivity index (χ2n) is 10.1. The quantitative estimate of drug-likeness (QED) is 0.217. The summed E-state index contributed by atoms with van der Waals surface area (Å²) in [5, 5.41) is 13.7. The van der Waals surface area contributed by atoms with Gasteiger partial charge in [-0.15, -0.1) is 0 Å². The zero-order valence-electron chi connectivity index (χ0n) is 24.4. The highest BCUT2D eigenvalue weighted by Gasteiger charge is 2.43. The van der Waals surface area contributed by atoms with Crippen LogP contribution in [0.25, 0.3) is 10.9 Å². The summed E-state index contributed by atoms with van der Waals surface area (Å²) in [6.07, 6.45) is -5.66. The van der Waals surface area contributed by atoms with Crippen molar-refractivity contribution in [2.75, 3.05) is 23.9 Å². The Morgan fingerprint density at radius 2 is 1.73 bits per heavy atom. The Hall–Kier alpha value is -5.12. The molecule has 1 heterocycles. The molecular formula is C29H30F3N5O8. The number of halogens is 3. The maximum atomic E-state index is 13.6. The fourth-order valence-electron chi connectivity index (χ4n) is 4.03. The van der Waals surface area contributed by atoms with Gasteiger partial charge in [0.25, 0.3) is 11.5 Å². The van der Waals surface area contributed by atoms with Crippen LogP contribution >= 0.6 is 0 Å². The van der Waals surface area contributed by atoms with Crippen molar-refractivity contribution in [3.8, 4) is 0 Å². The topological polar surface area (TPSA) is 188 Å². The molecule has 0 aliphatic rings. The number of fused-ring (bicyclic) bond motifs is 1. The van der Waals surface area contributed by atoms with Crippen LogP contribution in [0.2, 0.25) is 0 Å². The number of aliphatic hydroxyl groups is 1. The summed E-state index contributed by atoms with van der Waals surface area (Å²) >= 11 is 0. The lowest BCUT2D eigenvalue weighted by atomic mass is 10.1. The van der Waals surface area contributed by atoms with E-state index in [2.05, 4.69) is 25.3 Å². The Kier molecular flexibility index (Phi) is 11.1. The maximum absolute atomic E-state index is 13.6. The third-order valence-electron chi connectivity index (χ3n) is 6.48. The molecule has 0 spiro atoms. The summed E-state index contributed by atoms with van der Waals surface area (Å²) in [4.78, 5) is 80.3. The van der Waals surface area contributed by atoms with Gasteiger partial charge >= 0.3 is 18.1 Å². The Morgan fingerprint density at radius 1 is 1.07 bits per heavy atom. The van der Waals surface area contributed by atoms with E-state index in [1.54, 1.807) is 13.8 Å². The molecule has 3 aromatic rings. The first-order chi connectivity index (χ1) is 21.1. The second kappa shape index (κ2) is 14.6. The molecule has 240 valence electrons. The van der Waals surface area contributed by atoms with Crippen LogP contribution in [0, 0.1) is 5.92 Å². The van der Waals surface area contributed by atoms with Gasteiger partial charge in [0.2, 0.25) is 11.9 Å². The van der Waals surface area contributed by atoms with Crippen molar-refractivity contribution in [1.29, 1.82) is 0 Å². The molecule has 45 heavy (non-hydrogen) atoms. The van der Waals surface area contributed by atoms with Gasteiger partial charge in [0.15, 0.2) is 5.78 Å². The minimum Gasteiger partial charge on any atom is -0.467 e. The van der Waals surface area contributed by atoms with Crippen molar-refractivity contribution in [2.45, 2.75) is 45.5 Å². The van der Waals surface area contributed by atoms with Crippen molar-refractivity contribution in [1.82, 2.24) is 15.3 Å². The molecule has 0 radical (unpaired) electrons. The third-order valence-corrected chi connectivity index (χ3v) is 6.48. The molecule has 1 aromatic heterocycles. The fourth-order valence-corrected chi connectivity index (χ4v) is 4.03. The first-order valence-corrected chi connectivity index (χ1v) is 13.5. The minimum atomic E-state index is -5.27. The average Bonchev–Trinajstić information content (AvgIpc) is 3.00. The van der Waals surface area contributed by atoms with Gasteiger partial charge in [-0.2, -0.15) is 13.2 Å². The molecule has 0 saturated heterocycles. The van der Waals surface area contributed by atoms with Crippen molar-refractivity contribution < 1.29 is 47.0 Å². The summed E-state index contributed by atoms with van der Waals surface area (Å²) < 4.78 is 45.4. The molecule has 4 N–H and O–H groups in total. The highest BCUT2D eigenvalue weighted by Crippen LogP contribution is 2.27. The molecule has 1 atom stereocenters. The third kappa shape index (κ3) is 8.95. The van der Waals surface area contributed by atoms with E-state index in [1.807, 2.05) is 0 Å². The number of alkyl halides is 3. The fraction of sp³-hybridized carbons (Fsp3) is 0.345. The largest absolute Gasteiger partial charge is 0.471 e. The summed E-state index contributed by atoms with van der Waals surface area (Å²) in [6, 6.07) is 7.22. The van der Waals surface area contributed by atoms with Gasteiger partial charge in [-0.05, 0) is 48.4 Å². The molecule has 0 saturated carbocycles. The zero-order valence-corrected chi connectivity index (χ0v) is 24.4. The van der Waals surface area contributed by atoms with Gasteiger partial charge in [0.1, 0.15) is 12.6 Å². The number of ketones is 1. The second-order valence-corrected chi connectivity index (χ2v) is 10.1. The van der Waals surface area contributed by atoms with E-state index in [-0.39, 0.29) is 52.4 Å². The summed E-state index contributed by atoms with van der Waals surface area (Å²) in [7, 11) is 1.07. The molecule has 0 bridgehead atoms. The number of carbonyl (C=O) groups is 5. The lowest BCUT2D eigenvalue weighted by molar-refractivity contribution is -0.170. The Morgan fingerprint density at radius 3 is 2.31 bits per heavy atom. The molecule has 0 aliphatic heterocycles. The molecule has 16 heteroatoms. The van der Waals surface area contributed by atoms with Crippen molar-refractivity contribution in [3.05, 3.63) is 63.9 Å². The van der Waals surface area contributed by atoms with Gasteiger partial charge in [0.05, 0.1) is 24.6 Å². The summed E-state index contributed by atoms with van der Waals surface area (Å²) in [6.45, 7) is 1.92. The predicted octanol–water partition coefficient (Wildman–Crippen LogP) is 2.23. The van der Waals surface area contributed by atoms with Crippen molar-refractivity contribution >= 4 is 52.0 Å². The number of anilines is 2. The first kappa shape index (κ1) is 34.4. The Labute approximate surface area is 253 Å². The predicted molar refractivity (Wildman–Crippen MR) is 154 cm³/mol. The van der Waals surface area contributed by atoms with E-state index < -0.39 is 60.4 Å². The number of nitrogens with zero attached hydrogens (tertiary/aromatic N) is 2. The van der Waals surface area contributed by atoms with Crippen LogP contribution in [0.4, 0.5) is 24.8 Å². The number of ether oxygens (including phenoxy) is 1. The number of benzene rings is 2. The number of amides is 3. The molecule has 0 unspecified atom stereocenters. The van der Waals surface area contributed by atoms with Crippen LogP contribution < -0.4 is 21.1 Å². The van der Waals surface area contributed by atoms with E-state index in [1.165, 1.54) is 18.2 Å².